The Morgan fingerprint density at radius 1 is 0.865 bits per heavy atom. The molecule has 0 saturated heterocycles. The molecule has 3 heterocycles. The number of hydrogen-bond donors (Lipinski definition) is 1. The lowest BCUT2D eigenvalue weighted by atomic mass is 9.98. The second kappa shape index (κ2) is 9.27. The summed E-state index contributed by atoms with van der Waals surface area (Å²) < 4.78 is 14.7. The Labute approximate surface area is 214 Å². The SMILES string of the molecule is COc1ccc(-c2nn(-c3ccccc3)cc2[C@H]2C=C(c3ccc(C)cc3)Nc3nnnn32)cc1OC. The standard InChI is InChI=1S/C28H25N7O2/c1-18-9-11-19(12-10-18)23-16-24(35-28(29-23)30-32-33-35)22-17-34(21-7-5-4-6-8-21)31-27(22)20-13-14-25(36-2)26(15-20)37-3/h4-17,24H,1-3H3,(H,29,30,33)/t24-/m1/s1. The fourth-order valence-corrected chi connectivity index (χ4v) is 4.50. The molecule has 0 spiro atoms. The fraction of sp³-hybridized carbons (Fsp3) is 0.143. The van der Waals surface area contributed by atoms with Gasteiger partial charge in [0, 0.05) is 23.0 Å². The summed E-state index contributed by atoms with van der Waals surface area (Å²) in [6.07, 6.45) is 4.16. The number of nitrogens with zero attached hydrogens (tertiary/aromatic N) is 6. The maximum atomic E-state index is 5.58. The van der Waals surface area contributed by atoms with E-state index in [1.165, 1.54) is 5.56 Å². The van der Waals surface area contributed by atoms with E-state index in [4.69, 9.17) is 14.6 Å². The lowest BCUT2D eigenvalue weighted by molar-refractivity contribution is 0.355. The number of aryl methyl sites for hydroxylation is 1. The van der Waals surface area contributed by atoms with Gasteiger partial charge in [-0.15, -0.1) is 0 Å². The Bertz CT molecular complexity index is 1590. The van der Waals surface area contributed by atoms with Crippen molar-refractivity contribution < 1.29 is 9.47 Å². The maximum absolute atomic E-state index is 5.58. The molecule has 0 radical (unpaired) electrons. The number of fused-ring (bicyclic) bond motifs is 1. The van der Waals surface area contributed by atoms with Crippen LogP contribution in [-0.4, -0.2) is 44.2 Å². The fourth-order valence-electron chi connectivity index (χ4n) is 4.50. The van der Waals surface area contributed by atoms with Gasteiger partial charge < -0.3 is 14.8 Å². The van der Waals surface area contributed by atoms with Crippen molar-refractivity contribution in [2.75, 3.05) is 19.5 Å². The number of ether oxygens (including phenoxy) is 2. The molecule has 0 amide bonds. The molecule has 9 nitrogen and oxygen atoms in total. The van der Waals surface area contributed by atoms with Crippen LogP contribution in [-0.2, 0) is 0 Å². The minimum absolute atomic E-state index is 0.303. The van der Waals surface area contributed by atoms with Crippen molar-refractivity contribution in [3.63, 3.8) is 0 Å². The van der Waals surface area contributed by atoms with Gasteiger partial charge in [-0.25, -0.2) is 4.68 Å². The molecule has 6 rings (SSSR count). The Morgan fingerprint density at radius 2 is 1.62 bits per heavy atom. The molecule has 0 saturated carbocycles. The zero-order valence-corrected chi connectivity index (χ0v) is 20.7. The van der Waals surface area contributed by atoms with Crippen molar-refractivity contribution in [1.82, 2.24) is 30.0 Å². The van der Waals surface area contributed by atoms with Crippen LogP contribution >= 0.6 is 0 Å². The van der Waals surface area contributed by atoms with Crippen LogP contribution in [0.3, 0.4) is 0 Å². The van der Waals surface area contributed by atoms with Crippen molar-refractivity contribution in [3.05, 3.63) is 102 Å². The first-order valence-electron chi connectivity index (χ1n) is 11.9. The van der Waals surface area contributed by atoms with Crippen LogP contribution in [0.1, 0.15) is 22.7 Å². The third kappa shape index (κ3) is 4.10. The Kier molecular flexibility index (Phi) is 5.65. The molecule has 2 aromatic heterocycles. The summed E-state index contributed by atoms with van der Waals surface area (Å²) >= 11 is 0. The van der Waals surface area contributed by atoms with E-state index in [9.17, 15) is 0 Å². The molecule has 184 valence electrons. The highest BCUT2D eigenvalue weighted by molar-refractivity contribution is 5.78. The van der Waals surface area contributed by atoms with Gasteiger partial charge in [-0.2, -0.15) is 9.78 Å². The number of hydrogen-bond acceptors (Lipinski definition) is 7. The number of benzene rings is 3. The summed E-state index contributed by atoms with van der Waals surface area (Å²) in [6, 6.07) is 23.9. The summed E-state index contributed by atoms with van der Waals surface area (Å²) in [5.41, 5.74) is 6.74. The Morgan fingerprint density at radius 3 is 2.38 bits per heavy atom. The Hall–Kier alpha value is -4.92. The van der Waals surface area contributed by atoms with Gasteiger partial charge in [-0.3, -0.25) is 0 Å². The second-order valence-corrected chi connectivity index (χ2v) is 8.75. The highest BCUT2D eigenvalue weighted by Gasteiger charge is 2.29. The average molecular weight is 492 g/mol. The van der Waals surface area contributed by atoms with Crippen LogP contribution in [0.2, 0.25) is 0 Å². The van der Waals surface area contributed by atoms with Gasteiger partial charge in [0.15, 0.2) is 11.5 Å². The molecule has 9 heteroatoms. The summed E-state index contributed by atoms with van der Waals surface area (Å²) in [5.74, 6) is 1.85. The van der Waals surface area contributed by atoms with E-state index in [1.807, 2.05) is 59.4 Å². The third-order valence-corrected chi connectivity index (χ3v) is 6.43. The van der Waals surface area contributed by atoms with Gasteiger partial charge in [0.05, 0.1) is 25.6 Å². The highest BCUT2D eigenvalue weighted by Crippen LogP contribution is 2.39. The molecule has 1 aliphatic rings. The first-order valence-corrected chi connectivity index (χ1v) is 11.9. The highest BCUT2D eigenvalue weighted by atomic mass is 16.5. The number of rotatable bonds is 6. The average Bonchev–Trinajstić information content (AvgIpc) is 3.61. The van der Waals surface area contributed by atoms with Crippen LogP contribution in [0, 0.1) is 6.92 Å². The van der Waals surface area contributed by atoms with Crippen molar-refractivity contribution in [2.45, 2.75) is 13.0 Å². The number of methoxy groups -OCH3 is 2. The van der Waals surface area contributed by atoms with E-state index in [2.05, 4.69) is 58.1 Å². The van der Waals surface area contributed by atoms with Gasteiger partial charge in [0.1, 0.15) is 6.04 Å². The third-order valence-electron chi connectivity index (χ3n) is 6.43. The first kappa shape index (κ1) is 22.5. The number of allylic oxidation sites excluding steroid dienone is 1. The number of anilines is 1. The van der Waals surface area contributed by atoms with Crippen LogP contribution in [0.4, 0.5) is 5.95 Å². The van der Waals surface area contributed by atoms with E-state index >= 15 is 0 Å². The molecule has 1 aliphatic heterocycles. The molecule has 5 aromatic rings. The smallest absolute Gasteiger partial charge is 0.248 e. The number of tetrazole rings is 1. The molecular weight excluding hydrogens is 466 g/mol. The van der Waals surface area contributed by atoms with Crippen molar-refractivity contribution >= 4 is 11.6 Å². The largest absolute Gasteiger partial charge is 0.493 e. The van der Waals surface area contributed by atoms with Gasteiger partial charge in [-0.05, 0) is 59.3 Å². The molecule has 0 fully saturated rings. The van der Waals surface area contributed by atoms with E-state index in [-0.39, 0.29) is 6.04 Å². The van der Waals surface area contributed by atoms with Gasteiger partial charge >= 0.3 is 0 Å². The monoisotopic (exact) mass is 491 g/mol. The summed E-state index contributed by atoms with van der Waals surface area (Å²) in [6.45, 7) is 2.07. The lowest BCUT2D eigenvalue weighted by Gasteiger charge is -2.23. The van der Waals surface area contributed by atoms with Crippen LogP contribution < -0.4 is 14.8 Å². The van der Waals surface area contributed by atoms with E-state index in [0.29, 0.717) is 17.4 Å². The van der Waals surface area contributed by atoms with Crippen molar-refractivity contribution in [3.8, 4) is 28.4 Å². The molecule has 1 N–H and O–H groups in total. The molecule has 1 atom stereocenters. The quantitative estimate of drug-likeness (QED) is 0.361. The Balaban J connectivity index is 1.54. The molecular formula is C28H25N7O2. The van der Waals surface area contributed by atoms with Crippen LogP contribution in [0.5, 0.6) is 11.5 Å². The van der Waals surface area contributed by atoms with Gasteiger partial charge in [0.25, 0.3) is 0 Å². The van der Waals surface area contributed by atoms with E-state index in [1.54, 1.807) is 18.9 Å². The normalized spacial score (nSPS) is 14.5. The van der Waals surface area contributed by atoms with Crippen molar-refractivity contribution in [2.24, 2.45) is 0 Å². The number of aromatic nitrogens is 6. The van der Waals surface area contributed by atoms with Gasteiger partial charge in [-0.1, -0.05) is 53.1 Å². The molecule has 37 heavy (non-hydrogen) atoms. The van der Waals surface area contributed by atoms with E-state index in [0.717, 1.165) is 33.8 Å². The number of nitrogens with one attached hydrogen (secondary N) is 1. The first-order chi connectivity index (χ1) is 18.1. The van der Waals surface area contributed by atoms with Gasteiger partial charge in [0.2, 0.25) is 5.95 Å². The van der Waals surface area contributed by atoms with E-state index < -0.39 is 0 Å². The van der Waals surface area contributed by atoms with Crippen molar-refractivity contribution in [1.29, 1.82) is 0 Å². The predicted octanol–water partition coefficient (Wildman–Crippen LogP) is 4.91. The molecule has 0 bridgehead atoms. The maximum Gasteiger partial charge on any atom is 0.248 e. The molecule has 3 aromatic carbocycles. The minimum atomic E-state index is -0.303. The zero-order chi connectivity index (χ0) is 25.4. The minimum Gasteiger partial charge on any atom is -0.493 e. The zero-order valence-electron chi connectivity index (χ0n) is 20.7. The molecule has 0 unspecified atom stereocenters. The predicted molar refractivity (Wildman–Crippen MR) is 141 cm³/mol. The summed E-state index contributed by atoms with van der Waals surface area (Å²) in [5, 5.41) is 20.9. The number of para-hydroxylation sites is 1. The summed E-state index contributed by atoms with van der Waals surface area (Å²) in [7, 11) is 3.25. The van der Waals surface area contributed by atoms with Crippen LogP contribution in [0.25, 0.3) is 22.6 Å². The molecule has 0 aliphatic carbocycles. The summed E-state index contributed by atoms with van der Waals surface area (Å²) in [4.78, 5) is 0. The van der Waals surface area contributed by atoms with Crippen LogP contribution in [0.15, 0.2) is 85.1 Å². The second-order valence-electron chi connectivity index (χ2n) is 8.75. The topological polar surface area (TPSA) is 91.9 Å². The lowest BCUT2D eigenvalue weighted by Crippen LogP contribution is -2.20.